The Hall–Kier alpha value is -2.08. The molecule has 0 aromatic heterocycles. The van der Waals surface area contributed by atoms with Crippen LogP contribution in [0.15, 0.2) is 24.3 Å². The molecule has 26 heavy (non-hydrogen) atoms. The number of ether oxygens (including phenoxy) is 2. The molecule has 0 fully saturated rings. The summed E-state index contributed by atoms with van der Waals surface area (Å²) in [6.07, 6.45) is 2.17. The lowest BCUT2D eigenvalue weighted by atomic mass is 10.0. The van der Waals surface area contributed by atoms with Crippen LogP contribution in [-0.4, -0.2) is 50.1 Å². The Morgan fingerprint density at radius 1 is 1.19 bits per heavy atom. The Morgan fingerprint density at radius 2 is 1.88 bits per heavy atom. The number of hydrogen-bond acceptors (Lipinski definition) is 4. The van der Waals surface area contributed by atoms with Gasteiger partial charge in [-0.15, -0.1) is 0 Å². The predicted octanol–water partition coefficient (Wildman–Crippen LogP) is 2.93. The Morgan fingerprint density at radius 3 is 2.50 bits per heavy atom. The van der Waals surface area contributed by atoms with Gasteiger partial charge in [0.1, 0.15) is 11.9 Å². The maximum absolute atomic E-state index is 12.4. The number of para-hydroxylation sites is 1. The van der Waals surface area contributed by atoms with Crippen LogP contribution in [-0.2, 0) is 14.3 Å². The summed E-state index contributed by atoms with van der Waals surface area (Å²) in [6.45, 7) is 6.38. The molecular formula is C20H32N2O4. The maximum Gasteiger partial charge on any atom is 0.259 e. The number of likely N-dealkylation sites (N-methyl/N-ethyl adjacent to an activating group) is 1. The number of nitrogens with zero attached hydrogens (tertiary/aromatic N) is 1. The van der Waals surface area contributed by atoms with E-state index in [1.807, 2.05) is 31.2 Å². The molecule has 1 aromatic rings. The molecule has 1 N–H and O–H groups in total. The standard InChI is InChI=1S/C20H32N2O4/c1-6-8-13-25-15(3)20(24)21-17(7-2)16-11-9-10-12-18(16)26-14-19(23)22(4)5/h9-12,15,17H,6-8,13-14H2,1-5H3,(H,21,24). The van der Waals surface area contributed by atoms with E-state index < -0.39 is 6.10 Å². The number of rotatable bonds is 11. The molecule has 6 nitrogen and oxygen atoms in total. The van der Waals surface area contributed by atoms with Gasteiger partial charge in [0, 0.05) is 26.3 Å². The SMILES string of the molecule is CCCCOC(C)C(=O)NC(CC)c1ccccc1OCC(=O)N(C)C. The molecular weight excluding hydrogens is 332 g/mol. The first kappa shape index (κ1) is 22.0. The summed E-state index contributed by atoms with van der Waals surface area (Å²) >= 11 is 0. The summed E-state index contributed by atoms with van der Waals surface area (Å²) in [7, 11) is 3.37. The molecule has 0 spiro atoms. The summed E-state index contributed by atoms with van der Waals surface area (Å²) in [5.74, 6) is 0.344. The van der Waals surface area contributed by atoms with Crippen LogP contribution in [0.1, 0.15) is 51.6 Å². The fraction of sp³-hybridized carbons (Fsp3) is 0.600. The second-order valence-corrected chi connectivity index (χ2v) is 6.45. The van der Waals surface area contributed by atoms with Crippen molar-refractivity contribution in [2.45, 2.75) is 52.2 Å². The van der Waals surface area contributed by atoms with Crippen molar-refractivity contribution in [2.24, 2.45) is 0 Å². The van der Waals surface area contributed by atoms with Crippen molar-refractivity contribution in [3.05, 3.63) is 29.8 Å². The van der Waals surface area contributed by atoms with E-state index in [1.165, 1.54) is 4.90 Å². The van der Waals surface area contributed by atoms with Crippen LogP contribution in [0.25, 0.3) is 0 Å². The van der Waals surface area contributed by atoms with Crippen molar-refractivity contribution in [3.63, 3.8) is 0 Å². The minimum Gasteiger partial charge on any atom is -0.483 e. The maximum atomic E-state index is 12.4. The van der Waals surface area contributed by atoms with Crippen LogP contribution < -0.4 is 10.1 Å². The molecule has 2 atom stereocenters. The molecule has 0 heterocycles. The summed E-state index contributed by atoms with van der Waals surface area (Å²) in [4.78, 5) is 25.7. The van der Waals surface area contributed by atoms with Crippen molar-refractivity contribution in [1.29, 1.82) is 0 Å². The average molecular weight is 364 g/mol. The fourth-order valence-corrected chi connectivity index (χ4v) is 2.34. The number of benzene rings is 1. The van der Waals surface area contributed by atoms with Crippen LogP contribution in [0.3, 0.4) is 0 Å². The molecule has 0 aliphatic heterocycles. The third-order valence-corrected chi connectivity index (χ3v) is 4.10. The van der Waals surface area contributed by atoms with Crippen molar-refractivity contribution in [1.82, 2.24) is 10.2 Å². The van der Waals surface area contributed by atoms with E-state index in [0.717, 1.165) is 18.4 Å². The van der Waals surface area contributed by atoms with Crippen LogP contribution in [0.5, 0.6) is 5.75 Å². The first-order chi connectivity index (χ1) is 12.4. The molecule has 1 aromatic carbocycles. The van der Waals surface area contributed by atoms with E-state index >= 15 is 0 Å². The highest BCUT2D eigenvalue weighted by molar-refractivity contribution is 5.81. The molecule has 6 heteroatoms. The molecule has 2 unspecified atom stereocenters. The number of amides is 2. The van der Waals surface area contributed by atoms with Gasteiger partial charge in [-0.2, -0.15) is 0 Å². The van der Waals surface area contributed by atoms with E-state index in [0.29, 0.717) is 18.8 Å². The van der Waals surface area contributed by atoms with Crippen LogP contribution >= 0.6 is 0 Å². The second-order valence-electron chi connectivity index (χ2n) is 6.45. The zero-order valence-electron chi connectivity index (χ0n) is 16.6. The molecule has 0 bridgehead atoms. The van der Waals surface area contributed by atoms with Gasteiger partial charge in [-0.1, -0.05) is 38.5 Å². The predicted molar refractivity (Wildman–Crippen MR) is 102 cm³/mol. The van der Waals surface area contributed by atoms with E-state index in [2.05, 4.69) is 12.2 Å². The third-order valence-electron chi connectivity index (χ3n) is 4.10. The van der Waals surface area contributed by atoms with E-state index in [-0.39, 0.29) is 24.5 Å². The zero-order chi connectivity index (χ0) is 19.5. The number of nitrogens with one attached hydrogen (secondary N) is 1. The smallest absolute Gasteiger partial charge is 0.259 e. The summed E-state index contributed by atoms with van der Waals surface area (Å²) in [6, 6.07) is 7.27. The fourth-order valence-electron chi connectivity index (χ4n) is 2.34. The molecule has 0 aliphatic carbocycles. The van der Waals surface area contributed by atoms with Gasteiger partial charge < -0.3 is 19.7 Å². The minimum atomic E-state index is -0.501. The van der Waals surface area contributed by atoms with Crippen molar-refractivity contribution in [2.75, 3.05) is 27.3 Å². The number of unbranched alkanes of at least 4 members (excludes halogenated alkanes) is 1. The molecule has 0 radical (unpaired) electrons. The van der Waals surface area contributed by atoms with E-state index in [4.69, 9.17) is 9.47 Å². The van der Waals surface area contributed by atoms with Crippen molar-refractivity contribution in [3.8, 4) is 5.75 Å². The summed E-state index contributed by atoms with van der Waals surface area (Å²) in [5.41, 5.74) is 0.857. The summed E-state index contributed by atoms with van der Waals surface area (Å²) in [5, 5.41) is 3.02. The lowest BCUT2D eigenvalue weighted by molar-refractivity contribution is -0.133. The highest BCUT2D eigenvalue weighted by atomic mass is 16.5. The number of carbonyl (C=O) groups excluding carboxylic acids is 2. The van der Waals surface area contributed by atoms with Crippen LogP contribution in [0.4, 0.5) is 0 Å². The van der Waals surface area contributed by atoms with Gasteiger partial charge in [0.15, 0.2) is 6.61 Å². The van der Waals surface area contributed by atoms with Gasteiger partial charge in [-0.3, -0.25) is 9.59 Å². The number of carbonyl (C=O) groups is 2. The minimum absolute atomic E-state index is 0.0368. The van der Waals surface area contributed by atoms with Crippen molar-refractivity contribution < 1.29 is 19.1 Å². The monoisotopic (exact) mass is 364 g/mol. The lowest BCUT2D eigenvalue weighted by Gasteiger charge is -2.23. The van der Waals surface area contributed by atoms with Crippen LogP contribution in [0, 0.1) is 0 Å². The Labute approximate surface area is 156 Å². The second kappa shape index (κ2) is 11.5. The molecule has 0 saturated heterocycles. The van der Waals surface area contributed by atoms with Crippen molar-refractivity contribution >= 4 is 11.8 Å². The topological polar surface area (TPSA) is 67.9 Å². The van der Waals surface area contributed by atoms with Gasteiger partial charge in [0.05, 0.1) is 6.04 Å². The highest BCUT2D eigenvalue weighted by Gasteiger charge is 2.21. The Bertz CT molecular complexity index is 575. The van der Waals surface area contributed by atoms with Gasteiger partial charge in [0.25, 0.3) is 5.91 Å². The molecule has 1 rings (SSSR count). The van der Waals surface area contributed by atoms with E-state index in [9.17, 15) is 9.59 Å². The van der Waals surface area contributed by atoms with Gasteiger partial charge >= 0.3 is 0 Å². The normalized spacial score (nSPS) is 13.0. The third kappa shape index (κ3) is 7.04. The first-order valence-corrected chi connectivity index (χ1v) is 9.24. The molecule has 146 valence electrons. The lowest BCUT2D eigenvalue weighted by Crippen LogP contribution is -2.37. The molecule has 0 aliphatic rings. The van der Waals surface area contributed by atoms with Gasteiger partial charge in [0.2, 0.25) is 5.91 Å². The summed E-state index contributed by atoms with van der Waals surface area (Å²) < 4.78 is 11.3. The Kier molecular flexibility index (Phi) is 9.73. The zero-order valence-corrected chi connectivity index (χ0v) is 16.6. The van der Waals surface area contributed by atoms with Gasteiger partial charge in [-0.25, -0.2) is 0 Å². The van der Waals surface area contributed by atoms with Gasteiger partial charge in [-0.05, 0) is 25.8 Å². The quantitative estimate of drug-likeness (QED) is 0.613. The largest absolute Gasteiger partial charge is 0.483 e. The number of hydrogen-bond donors (Lipinski definition) is 1. The Balaban J connectivity index is 2.77. The van der Waals surface area contributed by atoms with E-state index in [1.54, 1.807) is 21.0 Å². The molecule has 2 amide bonds. The molecule has 0 saturated carbocycles. The first-order valence-electron chi connectivity index (χ1n) is 9.24. The average Bonchev–Trinajstić information content (AvgIpc) is 2.64. The highest BCUT2D eigenvalue weighted by Crippen LogP contribution is 2.27. The van der Waals surface area contributed by atoms with Crippen LogP contribution in [0.2, 0.25) is 0 Å².